The summed E-state index contributed by atoms with van der Waals surface area (Å²) in [6, 6.07) is 14.8. The fraction of sp³-hybridized carbons (Fsp3) is 0.381. The molecular formula is C21H26N2O3S. The van der Waals surface area contributed by atoms with E-state index < -0.39 is 10.0 Å². The maximum Gasteiger partial charge on any atom is 0.243 e. The molecule has 1 saturated heterocycles. The molecule has 0 radical (unpaired) electrons. The summed E-state index contributed by atoms with van der Waals surface area (Å²) >= 11 is 0. The number of hydrogen-bond donors (Lipinski definition) is 1. The normalized spacial score (nSPS) is 16.2. The molecule has 0 atom stereocenters. The topological polar surface area (TPSA) is 66.5 Å². The van der Waals surface area contributed by atoms with Crippen LogP contribution in [0.25, 0.3) is 0 Å². The first kappa shape index (κ1) is 19.6. The van der Waals surface area contributed by atoms with Crippen LogP contribution in [-0.4, -0.2) is 31.7 Å². The molecule has 5 nitrogen and oxygen atoms in total. The van der Waals surface area contributed by atoms with Crippen molar-refractivity contribution in [3.63, 3.8) is 0 Å². The van der Waals surface area contributed by atoms with Crippen molar-refractivity contribution in [2.75, 3.05) is 18.4 Å². The number of aryl methyl sites for hydroxylation is 2. The predicted octanol–water partition coefficient (Wildman–Crippen LogP) is 3.60. The van der Waals surface area contributed by atoms with Crippen molar-refractivity contribution in [3.8, 4) is 0 Å². The van der Waals surface area contributed by atoms with Gasteiger partial charge in [-0.3, -0.25) is 4.79 Å². The number of nitrogens with one attached hydrogen (secondary N) is 1. The van der Waals surface area contributed by atoms with Crippen molar-refractivity contribution in [3.05, 3.63) is 59.7 Å². The van der Waals surface area contributed by atoms with E-state index in [0.717, 1.165) is 17.7 Å². The highest BCUT2D eigenvalue weighted by Gasteiger charge is 2.32. The number of carbonyl (C=O) groups excluding carboxylic acids is 1. The van der Waals surface area contributed by atoms with Crippen LogP contribution in [0.2, 0.25) is 0 Å². The number of hydrogen-bond acceptors (Lipinski definition) is 3. The van der Waals surface area contributed by atoms with Gasteiger partial charge >= 0.3 is 0 Å². The van der Waals surface area contributed by atoms with Crippen molar-refractivity contribution < 1.29 is 13.2 Å². The highest BCUT2D eigenvalue weighted by molar-refractivity contribution is 7.89. The predicted molar refractivity (Wildman–Crippen MR) is 107 cm³/mol. The molecule has 1 N–H and O–H groups in total. The lowest BCUT2D eigenvalue weighted by Gasteiger charge is -2.30. The fourth-order valence-electron chi connectivity index (χ4n) is 3.35. The monoisotopic (exact) mass is 386 g/mol. The minimum atomic E-state index is -3.50. The Hall–Kier alpha value is -2.18. The van der Waals surface area contributed by atoms with E-state index in [4.69, 9.17) is 0 Å². The van der Waals surface area contributed by atoms with Crippen LogP contribution in [-0.2, 0) is 21.2 Å². The SMILES string of the molecule is CCc1ccc(NC(=O)C2CCN(S(=O)(=O)c3cccc(C)c3)CC2)cc1. The molecule has 1 heterocycles. The second-order valence-corrected chi connectivity index (χ2v) is 8.97. The van der Waals surface area contributed by atoms with Crippen LogP contribution in [0.1, 0.15) is 30.9 Å². The van der Waals surface area contributed by atoms with Gasteiger partial charge in [0.15, 0.2) is 0 Å². The summed E-state index contributed by atoms with van der Waals surface area (Å²) in [5.41, 5.74) is 2.93. The quantitative estimate of drug-likeness (QED) is 0.854. The van der Waals surface area contributed by atoms with Gasteiger partial charge in [-0.2, -0.15) is 4.31 Å². The number of nitrogens with zero attached hydrogens (tertiary/aromatic N) is 1. The van der Waals surface area contributed by atoms with Crippen LogP contribution < -0.4 is 5.32 Å². The molecule has 27 heavy (non-hydrogen) atoms. The Kier molecular flexibility index (Phi) is 5.97. The number of piperidine rings is 1. The van der Waals surface area contributed by atoms with Gasteiger partial charge in [0.25, 0.3) is 0 Å². The van der Waals surface area contributed by atoms with Crippen molar-refractivity contribution in [1.29, 1.82) is 0 Å². The zero-order valence-corrected chi connectivity index (χ0v) is 16.6. The van der Waals surface area contributed by atoms with E-state index in [-0.39, 0.29) is 11.8 Å². The van der Waals surface area contributed by atoms with E-state index in [0.29, 0.717) is 30.8 Å². The van der Waals surface area contributed by atoms with Gasteiger partial charge in [-0.25, -0.2) is 8.42 Å². The maximum atomic E-state index is 12.8. The average molecular weight is 387 g/mol. The summed E-state index contributed by atoms with van der Waals surface area (Å²) in [7, 11) is -3.50. The largest absolute Gasteiger partial charge is 0.326 e. The number of rotatable bonds is 5. The molecule has 3 rings (SSSR count). The highest BCUT2D eigenvalue weighted by atomic mass is 32.2. The van der Waals surface area contributed by atoms with Crippen molar-refractivity contribution in [2.24, 2.45) is 5.92 Å². The standard InChI is InChI=1S/C21H26N2O3S/c1-3-17-7-9-19(10-8-17)22-21(24)18-11-13-23(14-12-18)27(25,26)20-6-4-5-16(2)15-20/h4-10,15,18H,3,11-14H2,1-2H3,(H,22,24). The lowest BCUT2D eigenvalue weighted by atomic mass is 9.97. The highest BCUT2D eigenvalue weighted by Crippen LogP contribution is 2.25. The molecule has 0 spiro atoms. The van der Waals surface area contributed by atoms with Crippen molar-refractivity contribution >= 4 is 21.6 Å². The van der Waals surface area contributed by atoms with E-state index in [2.05, 4.69) is 12.2 Å². The summed E-state index contributed by atoms with van der Waals surface area (Å²) < 4.78 is 27.1. The minimum absolute atomic E-state index is 0.0353. The second kappa shape index (κ2) is 8.23. The Morgan fingerprint density at radius 2 is 1.78 bits per heavy atom. The smallest absolute Gasteiger partial charge is 0.243 e. The van der Waals surface area contributed by atoms with Crippen LogP contribution in [0.3, 0.4) is 0 Å². The summed E-state index contributed by atoms with van der Waals surface area (Å²) in [4.78, 5) is 12.8. The van der Waals surface area contributed by atoms with Crippen molar-refractivity contribution in [1.82, 2.24) is 4.31 Å². The van der Waals surface area contributed by atoms with Crippen LogP contribution in [0, 0.1) is 12.8 Å². The molecule has 1 fully saturated rings. The Morgan fingerprint density at radius 3 is 2.37 bits per heavy atom. The van der Waals surface area contributed by atoms with Gasteiger partial charge in [0.2, 0.25) is 15.9 Å². The molecule has 0 unspecified atom stereocenters. The lowest BCUT2D eigenvalue weighted by molar-refractivity contribution is -0.120. The number of sulfonamides is 1. The molecule has 0 bridgehead atoms. The maximum absolute atomic E-state index is 12.8. The van der Waals surface area contributed by atoms with Gasteiger partial charge < -0.3 is 5.32 Å². The summed E-state index contributed by atoms with van der Waals surface area (Å²) in [6.07, 6.45) is 2.02. The Labute approximate surface area is 161 Å². The van der Waals surface area contributed by atoms with Crippen molar-refractivity contribution in [2.45, 2.75) is 38.0 Å². The third-order valence-corrected chi connectivity index (χ3v) is 6.98. The number of amides is 1. The van der Waals surface area contributed by atoms with Crippen LogP contribution >= 0.6 is 0 Å². The molecule has 6 heteroatoms. The Balaban J connectivity index is 1.60. The van der Waals surface area contributed by atoms with E-state index in [1.807, 2.05) is 37.3 Å². The molecular weight excluding hydrogens is 360 g/mol. The third-order valence-electron chi connectivity index (χ3n) is 5.08. The molecule has 0 aromatic heterocycles. The summed E-state index contributed by atoms with van der Waals surface area (Å²) in [5.74, 6) is -0.202. The van der Waals surface area contributed by atoms with Gasteiger partial charge in [0.1, 0.15) is 0 Å². The van der Waals surface area contributed by atoms with E-state index in [9.17, 15) is 13.2 Å². The van der Waals surface area contributed by atoms with Gasteiger partial charge in [-0.15, -0.1) is 0 Å². The Morgan fingerprint density at radius 1 is 1.11 bits per heavy atom. The van der Waals surface area contributed by atoms with E-state index in [1.165, 1.54) is 9.87 Å². The molecule has 0 aliphatic carbocycles. The molecule has 0 saturated carbocycles. The lowest BCUT2D eigenvalue weighted by Crippen LogP contribution is -2.41. The molecule has 1 amide bonds. The van der Waals surface area contributed by atoms with Crippen LogP contribution in [0.4, 0.5) is 5.69 Å². The van der Waals surface area contributed by atoms with Crippen LogP contribution in [0.15, 0.2) is 53.4 Å². The molecule has 2 aromatic carbocycles. The first-order chi connectivity index (χ1) is 12.9. The second-order valence-electron chi connectivity index (χ2n) is 7.03. The summed E-state index contributed by atoms with van der Waals surface area (Å²) in [6.45, 7) is 4.70. The first-order valence-electron chi connectivity index (χ1n) is 9.37. The van der Waals surface area contributed by atoms with Crippen LogP contribution in [0.5, 0.6) is 0 Å². The molecule has 2 aromatic rings. The minimum Gasteiger partial charge on any atom is -0.326 e. The number of benzene rings is 2. The average Bonchev–Trinajstić information content (AvgIpc) is 2.68. The molecule has 1 aliphatic heterocycles. The molecule has 1 aliphatic rings. The zero-order chi connectivity index (χ0) is 19.4. The first-order valence-corrected chi connectivity index (χ1v) is 10.8. The third kappa shape index (κ3) is 4.57. The number of carbonyl (C=O) groups is 1. The fourth-order valence-corrected chi connectivity index (χ4v) is 4.93. The number of anilines is 1. The Bertz CT molecular complexity index is 899. The van der Waals surface area contributed by atoms with Gasteiger partial charge in [0.05, 0.1) is 4.90 Å². The summed E-state index contributed by atoms with van der Waals surface area (Å²) in [5, 5.41) is 2.95. The zero-order valence-electron chi connectivity index (χ0n) is 15.8. The van der Waals surface area contributed by atoms with Gasteiger partial charge in [0, 0.05) is 24.7 Å². The molecule has 144 valence electrons. The van der Waals surface area contributed by atoms with E-state index >= 15 is 0 Å². The van der Waals surface area contributed by atoms with E-state index in [1.54, 1.807) is 18.2 Å². The van der Waals surface area contributed by atoms with Gasteiger partial charge in [-0.1, -0.05) is 31.2 Å². The van der Waals surface area contributed by atoms with Gasteiger partial charge in [-0.05, 0) is 61.6 Å².